The highest BCUT2D eigenvalue weighted by molar-refractivity contribution is 7.91. The van der Waals surface area contributed by atoms with Gasteiger partial charge in [0.05, 0.1) is 24.2 Å². The Balaban J connectivity index is 1.71. The summed E-state index contributed by atoms with van der Waals surface area (Å²) < 4.78 is 35.5. The molecule has 0 saturated heterocycles. The fourth-order valence-electron chi connectivity index (χ4n) is 3.62. The van der Waals surface area contributed by atoms with E-state index in [-0.39, 0.29) is 35.2 Å². The molecule has 164 valence electrons. The van der Waals surface area contributed by atoms with Crippen LogP contribution in [-0.2, 0) is 26.0 Å². The maximum Gasteiger partial charge on any atom is 0.161 e. The highest BCUT2D eigenvalue weighted by Gasteiger charge is 2.29. The van der Waals surface area contributed by atoms with E-state index in [0.717, 1.165) is 49.8 Å². The summed E-state index contributed by atoms with van der Waals surface area (Å²) in [6.07, 6.45) is 5.27. The van der Waals surface area contributed by atoms with Crippen molar-refractivity contribution in [2.24, 2.45) is 11.8 Å². The standard InChI is InChI=1S/C23H36O5S/c1-4-5-13-28-22-8-6-7-20(14-22)15-27-16-23(24)21-11-9-19(10-12-21)17-29(25,26)18(2)3/h6-8,14,18-19,21H,4-5,9-13,15-17H2,1-3H3. The molecule has 0 heterocycles. The second-order valence-corrected chi connectivity index (χ2v) is 11.0. The summed E-state index contributed by atoms with van der Waals surface area (Å²) in [5.41, 5.74) is 0.995. The van der Waals surface area contributed by atoms with Crippen molar-refractivity contribution in [1.29, 1.82) is 0 Å². The predicted octanol–water partition coefficient (Wildman–Crippen LogP) is 4.58. The molecule has 0 radical (unpaired) electrons. The van der Waals surface area contributed by atoms with Crippen LogP contribution >= 0.6 is 0 Å². The molecular weight excluding hydrogens is 388 g/mol. The van der Waals surface area contributed by atoms with Gasteiger partial charge in [0.25, 0.3) is 0 Å². The van der Waals surface area contributed by atoms with Gasteiger partial charge < -0.3 is 9.47 Å². The van der Waals surface area contributed by atoms with Gasteiger partial charge in [-0.15, -0.1) is 0 Å². The Labute approximate surface area is 176 Å². The number of hydrogen-bond donors (Lipinski definition) is 0. The van der Waals surface area contributed by atoms with E-state index in [0.29, 0.717) is 13.2 Å². The molecule has 0 aliphatic heterocycles. The highest BCUT2D eigenvalue weighted by Crippen LogP contribution is 2.31. The molecule has 1 aromatic carbocycles. The van der Waals surface area contributed by atoms with Crippen LogP contribution in [0, 0.1) is 11.8 Å². The average Bonchev–Trinajstić information content (AvgIpc) is 2.68. The van der Waals surface area contributed by atoms with Crippen molar-refractivity contribution in [2.45, 2.75) is 71.2 Å². The smallest absolute Gasteiger partial charge is 0.161 e. The van der Waals surface area contributed by atoms with E-state index < -0.39 is 9.84 Å². The number of hydrogen-bond acceptors (Lipinski definition) is 5. The lowest BCUT2D eigenvalue weighted by Crippen LogP contribution is -2.30. The molecule has 6 heteroatoms. The van der Waals surface area contributed by atoms with Crippen molar-refractivity contribution < 1.29 is 22.7 Å². The normalized spacial score (nSPS) is 20.0. The van der Waals surface area contributed by atoms with Gasteiger partial charge in [0.2, 0.25) is 0 Å². The lowest BCUT2D eigenvalue weighted by molar-refractivity contribution is -0.129. The summed E-state index contributed by atoms with van der Waals surface area (Å²) in [4.78, 5) is 12.5. The van der Waals surface area contributed by atoms with Crippen molar-refractivity contribution in [3.8, 4) is 5.75 Å². The van der Waals surface area contributed by atoms with Crippen LogP contribution in [0.1, 0.15) is 64.9 Å². The number of ketones is 1. The fraction of sp³-hybridized carbons (Fsp3) is 0.696. The summed E-state index contributed by atoms with van der Waals surface area (Å²) in [5.74, 6) is 1.39. The van der Waals surface area contributed by atoms with Crippen LogP contribution < -0.4 is 4.74 Å². The minimum absolute atomic E-state index is 0.00304. The Bertz CT molecular complexity index is 733. The van der Waals surface area contributed by atoms with Crippen LogP contribution in [0.5, 0.6) is 5.75 Å². The fourth-order valence-corrected chi connectivity index (χ4v) is 4.99. The Hall–Kier alpha value is -1.40. The minimum Gasteiger partial charge on any atom is -0.494 e. The van der Waals surface area contributed by atoms with E-state index >= 15 is 0 Å². The third-order valence-electron chi connectivity index (χ3n) is 5.67. The summed E-state index contributed by atoms with van der Waals surface area (Å²) in [6, 6.07) is 7.80. The van der Waals surface area contributed by atoms with Crippen molar-refractivity contribution in [3.05, 3.63) is 29.8 Å². The zero-order chi connectivity index (χ0) is 21.3. The molecule has 0 spiro atoms. The maximum absolute atomic E-state index is 12.5. The van der Waals surface area contributed by atoms with Gasteiger partial charge in [-0.3, -0.25) is 4.79 Å². The van der Waals surface area contributed by atoms with Gasteiger partial charge in [-0.2, -0.15) is 0 Å². The summed E-state index contributed by atoms with van der Waals surface area (Å²) >= 11 is 0. The molecule has 2 rings (SSSR count). The van der Waals surface area contributed by atoms with E-state index in [1.54, 1.807) is 13.8 Å². The van der Waals surface area contributed by atoms with Gasteiger partial charge in [0.15, 0.2) is 15.6 Å². The first-order valence-electron chi connectivity index (χ1n) is 10.9. The topological polar surface area (TPSA) is 69.7 Å². The number of sulfone groups is 1. The molecule has 0 atom stereocenters. The van der Waals surface area contributed by atoms with Crippen LogP contribution in [0.25, 0.3) is 0 Å². The Morgan fingerprint density at radius 3 is 2.55 bits per heavy atom. The molecule has 0 bridgehead atoms. The van der Waals surface area contributed by atoms with Crippen LogP contribution in [0.4, 0.5) is 0 Å². The molecule has 1 aliphatic rings. The lowest BCUT2D eigenvalue weighted by Gasteiger charge is -2.28. The first-order valence-corrected chi connectivity index (χ1v) is 12.6. The van der Waals surface area contributed by atoms with Crippen molar-refractivity contribution in [2.75, 3.05) is 19.0 Å². The van der Waals surface area contributed by atoms with Crippen LogP contribution in [0.2, 0.25) is 0 Å². The Morgan fingerprint density at radius 2 is 1.90 bits per heavy atom. The molecule has 0 amide bonds. The number of carbonyl (C=O) groups excluding carboxylic acids is 1. The number of benzene rings is 1. The van der Waals surface area contributed by atoms with Gasteiger partial charge in [-0.1, -0.05) is 25.5 Å². The first-order chi connectivity index (χ1) is 13.8. The molecule has 29 heavy (non-hydrogen) atoms. The van der Waals surface area contributed by atoms with Gasteiger partial charge in [0.1, 0.15) is 12.4 Å². The zero-order valence-corrected chi connectivity index (χ0v) is 18.9. The molecule has 0 unspecified atom stereocenters. The van der Waals surface area contributed by atoms with Crippen LogP contribution in [0.3, 0.4) is 0 Å². The van der Waals surface area contributed by atoms with E-state index in [1.165, 1.54) is 0 Å². The predicted molar refractivity (Wildman–Crippen MR) is 116 cm³/mol. The average molecular weight is 425 g/mol. The maximum atomic E-state index is 12.5. The summed E-state index contributed by atoms with van der Waals surface area (Å²) in [6.45, 7) is 6.80. The largest absolute Gasteiger partial charge is 0.494 e. The van der Waals surface area contributed by atoms with E-state index in [2.05, 4.69) is 6.92 Å². The van der Waals surface area contributed by atoms with Crippen LogP contribution in [0.15, 0.2) is 24.3 Å². The van der Waals surface area contributed by atoms with E-state index in [9.17, 15) is 13.2 Å². The number of Topliss-reactive ketones (excluding diaryl/α,β-unsaturated/α-hetero) is 1. The van der Waals surface area contributed by atoms with Crippen LogP contribution in [-0.4, -0.2) is 38.4 Å². The van der Waals surface area contributed by atoms with Crippen molar-refractivity contribution in [3.63, 3.8) is 0 Å². The molecule has 1 aliphatic carbocycles. The molecule has 0 N–H and O–H groups in total. The van der Waals surface area contributed by atoms with Gasteiger partial charge in [0, 0.05) is 5.92 Å². The zero-order valence-electron chi connectivity index (χ0n) is 18.1. The molecular formula is C23H36O5S. The first kappa shape index (κ1) is 23.9. The molecule has 1 fully saturated rings. The second kappa shape index (κ2) is 11.7. The lowest BCUT2D eigenvalue weighted by atomic mass is 9.81. The van der Waals surface area contributed by atoms with Crippen molar-refractivity contribution >= 4 is 15.6 Å². The number of carbonyl (C=O) groups is 1. The third-order valence-corrected chi connectivity index (χ3v) is 8.04. The number of rotatable bonds is 12. The van der Waals surface area contributed by atoms with Gasteiger partial charge in [-0.25, -0.2) is 8.42 Å². The summed E-state index contributed by atoms with van der Waals surface area (Å²) in [5, 5.41) is -0.328. The van der Waals surface area contributed by atoms with Crippen molar-refractivity contribution in [1.82, 2.24) is 0 Å². The minimum atomic E-state index is -3.01. The third kappa shape index (κ3) is 8.09. The molecule has 5 nitrogen and oxygen atoms in total. The number of unbranched alkanes of at least 4 members (excludes halogenated alkanes) is 1. The Kier molecular flexibility index (Phi) is 9.63. The number of ether oxygens (including phenoxy) is 2. The molecule has 1 aromatic rings. The van der Waals surface area contributed by atoms with E-state index in [4.69, 9.17) is 9.47 Å². The molecule has 0 aromatic heterocycles. The van der Waals surface area contributed by atoms with Gasteiger partial charge in [-0.05, 0) is 69.6 Å². The molecule has 1 saturated carbocycles. The van der Waals surface area contributed by atoms with E-state index in [1.807, 2.05) is 24.3 Å². The monoisotopic (exact) mass is 424 g/mol. The quantitative estimate of drug-likeness (QED) is 0.459. The Morgan fingerprint density at radius 1 is 1.17 bits per heavy atom. The highest BCUT2D eigenvalue weighted by atomic mass is 32.2. The SMILES string of the molecule is CCCCOc1cccc(COCC(=O)C2CCC(CS(=O)(=O)C(C)C)CC2)c1. The summed E-state index contributed by atoms with van der Waals surface area (Å²) in [7, 11) is -3.01. The van der Waals surface area contributed by atoms with Gasteiger partial charge >= 0.3 is 0 Å². The second-order valence-electron chi connectivity index (χ2n) is 8.40.